The van der Waals surface area contributed by atoms with Gasteiger partial charge in [0.1, 0.15) is 12.1 Å². The van der Waals surface area contributed by atoms with E-state index < -0.39 is 34.9 Å². The van der Waals surface area contributed by atoms with Crippen molar-refractivity contribution in [1.82, 2.24) is 15.1 Å². The lowest BCUT2D eigenvalue weighted by Crippen LogP contribution is -2.59. The largest absolute Gasteiger partial charge is 0.444 e. The first kappa shape index (κ1) is 28.9. The molecule has 0 radical (unpaired) electrons. The van der Waals surface area contributed by atoms with Gasteiger partial charge in [0.2, 0.25) is 5.91 Å². The Morgan fingerprint density at radius 1 is 1.13 bits per heavy atom. The highest BCUT2D eigenvalue weighted by Crippen LogP contribution is 2.40. The fourth-order valence-electron chi connectivity index (χ4n) is 4.92. The van der Waals surface area contributed by atoms with Crippen LogP contribution in [0.25, 0.3) is 0 Å². The zero-order valence-corrected chi connectivity index (χ0v) is 23.4. The van der Waals surface area contributed by atoms with Crippen LogP contribution in [0.4, 0.5) is 4.79 Å². The van der Waals surface area contributed by atoms with Gasteiger partial charge in [-0.25, -0.2) is 4.79 Å². The molecule has 2 N–H and O–H groups in total. The molecule has 2 aromatic carbocycles. The molecule has 2 aliphatic heterocycles. The number of hydrogen-bond donors (Lipinski definition) is 2. The monoisotopic (exact) mass is 555 g/mol. The topological polar surface area (TPSA) is 108 Å². The quantitative estimate of drug-likeness (QED) is 0.490. The van der Waals surface area contributed by atoms with E-state index in [0.29, 0.717) is 26.2 Å². The van der Waals surface area contributed by atoms with E-state index in [-0.39, 0.29) is 24.3 Å². The molecule has 2 heterocycles. The molecule has 0 bridgehead atoms. The summed E-state index contributed by atoms with van der Waals surface area (Å²) in [7, 11) is 1.72. The molecule has 210 valence electrons. The zero-order chi connectivity index (χ0) is 28.0. The van der Waals surface area contributed by atoms with Gasteiger partial charge in [0.05, 0.1) is 25.1 Å². The number of aliphatic hydroxyl groups excluding tert-OH is 1. The Hall–Kier alpha value is -3.08. The summed E-state index contributed by atoms with van der Waals surface area (Å²) in [6.45, 7) is 5.09. The van der Waals surface area contributed by atoms with Gasteiger partial charge in [0.15, 0.2) is 6.10 Å². The maximum absolute atomic E-state index is 13.8. The average molecular weight is 556 g/mol. The summed E-state index contributed by atoms with van der Waals surface area (Å²) in [5.41, 5.74) is 1.82. The van der Waals surface area contributed by atoms with Crippen molar-refractivity contribution in [2.45, 2.75) is 62.3 Å². The molecular weight excluding hydrogens is 518 g/mol. The molecule has 3 amide bonds. The predicted octanol–water partition coefficient (Wildman–Crippen LogP) is 2.81. The number of ether oxygens (including phenoxy) is 2. The van der Waals surface area contributed by atoms with E-state index in [1.807, 2.05) is 74.5 Å². The second-order valence-corrected chi connectivity index (χ2v) is 12.1. The molecule has 2 aromatic rings. The SMILES string of the molecule is CN(Cc1ccccc1)C(=O)C1N(C(=O)C(O)C(Cc2ccccc2)NC(=O)OC2CCOC2)CSC1(C)C. The number of aliphatic hydroxyl groups is 1. The van der Waals surface area contributed by atoms with Crippen LogP contribution in [0.3, 0.4) is 0 Å². The highest BCUT2D eigenvalue weighted by atomic mass is 32.2. The third-order valence-corrected chi connectivity index (χ3v) is 8.47. The van der Waals surface area contributed by atoms with Gasteiger partial charge in [-0.05, 0) is 31.4 Å². The first-order valence-corrected chi connectivity index (χ1v) is 14.1. The Kier molecular flexibility index (Phi) is 9.53. The van der Waals surface area contributed by atoms with Crippen molar-refractivity contribution in [2.24, 2.45) is 0 Å². The van der Waals surface area contributed by atoms with Crippen LogP contribution in [0.2, 0.25) is 0 Å². The van der Waals surface area contributed by atoms with Crippen LogP contribution >= 0.6 is 11.8 Å². The molecule has 4 unspecified atom stereocenters. The highest BCUT2D eigenvalue weighted by Gasteiger charge is 2.50. The molecule has 0 aromatic heterocycles. The number of carbonyl (C=O) groups is 3. The fraction of sp³-hybridized carbons (Fsp3) is 0.483. The van der Waals surface area contributed by atoms with E-state index in [1.165, 1.54) is 16.7 Å². The highest BCUT2D eigenvalue weighted by molar-refractivity contribution is 8.00. The minimum Gasteiger partial charge on any atom is -0.444 e. The van der Waals surface area contributed by atoms with E-state index in [0.717, 1.165) is 11.1 Å². The molecule has 10 heteroatoms. The van der Waals surface area contributed by atoms with Crippen molar-refractivity contribution in [3.63, 3.8) is 0 Å². The van der Waals surface area contributed by atoms with Crippen molar-refractivity contribution in [2.75, 3.05) is 26.1 Å². The third kappa shape index (κ3) is 7.32. The molecule has 4 rings (SSSR count). The van der Waals surface area contributed by atoms with Crippen molar-refractivity contribution in [1.29, 1.82) is 0 Å². The number of nitrogens with one attached hydrogen (secondary N) is 1. The molecule has 0 aliphatic carbocycles. The van der Waals surface area contributed by atoms with Crippen molar-refractivity contribution in [3.05, 3.63) is 71.8 Å². The fourth-order valence-corrected chi connectivity index (χ4v) is 6.06. The van der Waals surface area contributed by atoms with Gasteiger partial charge in [-0.2, -0.15) is 0 Å². The Labute approximate surface area is 233 Å². The van der Waals surface area contributed by atoms with Crippen molar-refractivity contribution in [3.8, 4) is 0 Å². The van der Waals surface area contributed by atoms with Crippen LogP contribution in [-0.4, -0.2) is 88.0 Å². The van der Waals surface area contributed by atoms with Gasteiger partial charge in [-0.1, -0.05) is 60.7 Å². The maximum atomic E-state index is 13.8. The maximum Gasteiger partial charge on any atom is 0.407 e. The van der Waals surface area contributed by atoms with Gasteiger partial charge in [-0.15, -0.1) is 11.8 Å². The van der Waals surface area contributed by atoms with E-state index in [4.69, 9.17) is 9.47 Å². The van der Waals surface area contributed by atoms with Crippen LogP contribution in [0.5, 0.6) is 0 Å². The number of likely N-dealkylation sites (N-methyl/N-ethyl adjacent to an activating group) is 1. The summed E-state index contributed by atoms with van der Waals surface area (Å²) in [5.74, 6) is -0.562. The number of nitrogens with zero attached hydrogens (tertiary/aromatic N) is 2. The van der Waals surface area contributed by atoms with Gasteiger partial charge >= 0.3 is 6.09 Å². The normalized spacial score (nSPS) is 21.7. The number of thioether (sulfide) groups is 1. The van der Waals surface area contributed by atoms with Crippen LogP contribution in [0, 0.1) is 0 Å². The van der Waals surface area contributed by atoms with E-state index >= 15 is 0 Å². The van der Waals surface area contributed by atoms with Crippen LogP contribution in [-0.2, 0) is 32.0 Å². The second-order valence-electron chi connectivity index (χ2n) is 10.5. The van der Waals surface area contributed by atoms with Crippen LogP contribution in [0.15, 0.2) is 60.7 Å². The standard InChI is InChI=1S/C29H37N3O6S/c1-29(2)25(27(35)31(3)17-21-12-8-5-9-13-21)32(19-39-29)26(34)24(33)23(16-20-10-6-4-7-11-20)30-28(36)38-22-14-15-37-18-22/h4-13,22-25,33H,14-19H2,1-3H3,(H,30,36). The van der Waals surface area contributed by atoms with E-state index in [1.54, 1.807) is 11.9 Å². The molecule has 4 atom stereocenters. The number of benzene rings is 2. The molecule has 2 aliphatic rings. The third-order valence-electron chi connectivity index (χ3n) is 7.10. The lowest BCUT2D eigenvalue weighted by atomic mass is 9.97. The summed E-state index contributed by atoms with van der Waals surface area (Å²) in [6.07, 6.45) is -1.86. The van der Waals surface area contributed by atoms with Crippen LogP contribution in [0.1, 0.15) is 31.4 Å². The summed E-state index contributed by atoms with van der Waals surface area (Å²) in [6, 6.07) is 17.2. The summed E-state index contributed by atoms with van der Waals surface area (Å²) < 4.78 is 10.1. The molecule has 9 nitrogen and oxygen atoms in total. The Morgan fingerprint density at radius 2 is 1.77 bits per heavy atom. The summed E-state index contributed by atoms with van der Waals surface area (Å²) in [5, 5.41) is 14.0. The average Bonchev–Trinajstić information content (AvgIpc) is 3.54. The number of amides is 3. The Balaban J connectivity index is 1.51. The van der Waals surface area contributed by atoms with Crippen molar-refractivity contribution < 1.29 is 29.0 Å². The zero-order valence-electron chi connectivity index (χ0n) is 22.6. The minimum absolute atomic E-state index is 0.206. The number of alkyl carbamates (subject to hydrolysis) is 1. The molecule has 2 fully saturated rings. The summed E-state index contributed by atoms with van der Waals surface area (Å²) in [4.78, 5) is 43.2. The minimum atomic E-state index is -1.58. The van der Waals surface area contributed by atoms with Gasteiger partial charge in [0, 0.05) is 24.8 Å². The predicted molar refractivity (Wildman–Crippen MR) is 149 cm³/mol. The molecule has 0 saturated carbocycles. The second kappa shape index (κ2) is 12.8. The van der Waals surface area contributed by atoms with Crippen molar-refractivity contribution >= 4 is 29.7 Å². The number of hydrogen-bond acceptors (Lipinski definition) is 7. The number of carbonyl (C=O) groups excluding carboxylic acids is 3. The van der Waals surface area contributed by atoms with Gasteiger partial charge in [0.25, 0.3) is 5.91 Å². The first-order chi connectivity index (χ1) is 18.7. The van der Waals surface area contributed by atoms with Crippen LogP contribution < -0.4 is 5.32 Å². The van der Waals surface area contributed by atoms with E-state index in [2.05, 4.69) is 5.32 Å². The molecular formula is C29H37N3O6S. The lowest BCUT2D eigenvalue weighted by molar-refractivity contribution is -0.150. The first-order valence-electron chi connectivity index (χ1n) is 13.2. The molecule has 2 saturated heterocycles. The summed E-state index contributed by atoms with van der Waals surface area (Å²) >= 11 is 1.48. The van der Waals surface area contributed by atoms with Gasteiger partial charge < -0.3 is 29.7 Å². The Morgan fingerprint density at radius 3 is 2.38 bits per heavy atom. The Bertz CT molecular complexity index is 1130. The smallest absolute Gasteiger partial charge is 0.407 e. The lowest BCUT2D eigenvalue weighted by Gasteiger charge is -2.35. The molecule has 0 spiro atoms. The number of rotatable bonds is 9. The van der Waals surface area contributed by atoms with Gasteiger partial charge in [-0.3, -0.25) is 9.59 Å². The molecule has 39 heavy (non-hydrogen) atoms. The van der Waals surface area contributed by atoms with E-state index in [9.17, 15) is 19.5 Å².